The molecule has 3 N–H and O–H groups in total. The van der Waals surface area contributed by atoms with Gasteiger partial charge in [0.1, 0.15) is 0 Å². The van der Waals surface area contributed by atoms with Crippen molar-refractivity contribution < 1.29 is 4.74 Å². The second-order valence-electron chi connectivity index (χ2n) is 3.88. The molecule has 17 heavy (non-hydrogen) atoms. The minimum atomic E-state index is 0.352. The third-order valence-corrected chi connectivity index (χ3v) is 2.52. The molecule has 4 nitrogen and oxygen atoms in total. The molecule has 1 rings (SSSR count). The van der Waals surface area contributed by atoms with Crippen molar-refractivity contribution in [2.24, 2.45) is 0 Å². The zero-order chi connectivity index (χ0) is 12.5. The fraction of sp³-hybridized carbons (Fsp3) is 0.462. The van der Waals surface area contributed by atoms with Gasteiger partial charge in [0.2, 0.25) is 0 Å². The Morgan fingerprint density at radius 2 is 2.24 bits per heavy atom. The van der Waals surface area contributed by atoms with Crippen LogP contribution in [0.4, 0.5) is 11.4 Å². The zero-order valence-corrected chi connectivity index (χ0v) is 10.2. The third-order valence-electron chi connectivity index (χ3n) is 2.52. The molecule has 0 heterocycles. The average Bonchev–Trinajstić information content (AvgIpc) is 2.33. The number of rotatable bonds is 7. The molecule has 0 aromatic heterocycles. The van der Waals surface area contributed by atoms with Gasteiger partial charge in [-0.15, -0.1) is 0 Å². The first-order valence-electron chi connectivity index (χ1n) is 5.76. The van der Waals surface area contributed by atoms with Gasteiger partial charge in [-0.3, -0.25) is 0 Å². The first-order valence-corrected chi connectivity index (χ1v) is 5.76. The summed E-state index contributed by atoms with van der Waals surface area (Å²) in [7, 11) is 1.71. The highest BCUT2D eigenvalue weighted by Gasteiger charge is 2.00. The molecule has 0 unspecified atom stereocenters. The molecular formula is C13H19N3O. The molecule has 0 saturated carbocycles. The van der Waals surface area contributed by atoms with E-state index in [9.17, 15) is 0 Å². The van der Waals surface area contributed by atoms with Gasteiger partial charge in [-0.1, -0.05) is 0 Å². The number of hydrogen-bond acceptors (Lipinski definition) is 4. The highest BCUT2D eigenvalue weighted by atomic mass is 16.5. The minimum Gasteiger partial charge on any atom is -0.398 e. The molecule has 0 saturated heterocycles. The largest absolute Gasteiger partial charge is 0.398 e. The van der Waals surface area contributed by atoms with E-state index in [1.165, 1.54) is 0 Å². The van der Waals surface area contributed by atoms with Crippen molar-refractivity contribution in [2.75, 3.05) is 31.3 Å². The highest BCUT2D eigenvalue weighted by Crippen LogP contribution is 2.18. The van der Waals surface area contributed by atoms with Crippen molar-refractivity contribution in [1.29, 1.82) is 5.26 Å². The van der Waals surface area contributed by atoms with Crippen LogP contribution in [0.5, 0.6) is 0 Å². The van der Waals surface area contributed by atoms with Crippen LogP contribution in [0, 0.1) is 11.3 Å². The summed E-state index contributed by atoms with van der Waals surface area (Å²) in [4.78, 5) is 0. The normalized spacial score (nSPS) is 9.88. The number of nitrogens with one attached hydrogen (secondary N) is 1. The maximum absolute atomic E-state index is 8.67. The third kappa shape index (κ3) is 4.75. The number of nitrogens with two attached hydrogens (primary N) is 1. The Bertz CT molecular complexity index is 385. The topological polar surface area (TPSA) is 71.1 Å². The molecule has 0 radical (unpaired) electrons. The van der Waals surface area contributed by atoms with Gasteiger partial charge >= 0.3 is 0 Å². The lowest BCUT2D eigenvalue weighted by Gasteiger charge is -2.09. The number of nitriles is 1. The summed E-state index contributed by atoms with van der Waals surface area (Å²) in [6.07, 6.45) is 2.46. The van der Waals surface area contributed by atoms with Crippen LogP contribution in [0.15, 0.2) is 18.2 Å². The van der Waals surface area contributed by atoms with Gasteiger partial charge in [-0.2, -0.15) is 5.26 Å². The fourth-order valence-electron chi connectivity index (χ4n) is 1.56. The van der Waals surface area contributed by atoms with Crippen molar-refractivity contribution in [3.8, 4) is 6.07 Å². The zero-order valence-electron chi connectivity index (χ0n) is 10.2. The minimum absolute atomic E-state index is 0.352. The number of nitrogens with zero attached hydrogens (tertiary/aromatic N) is 1. The van der Waals surface area contributed by atoms with Crippen molar-refractivity contribution in [3.63, 3.8) is 0 Å². The first-order chi connectivity index (χ1) is 8.27. The molecule has 0 aliphatic rings. The van der Waals surface area contributed by atoms with E-state index in [2.05, 4.69) is 11.4 Å². The Morgan fingerprint density at radius 3 is 2.94 bits per heavy atom. The molecule has 0 spiro atoms. The van der Waals surface area contributed by atoms with Gasteiger partial charge in [0, 0.05) is 31.6 Å². The van der Waals surface area contributed by atoms with E-state index in [0.29, 0.717) is 12.1 Å². The standard InChI is InChI=1S/C13H19N3O/c1-17-9-3-2-8-16-12-4-5-13(15)11(10-12)6-7-14/h4-5,10,16H,2-3,6,8-9,15H2,1H3. The van der Waals surface area contributed by atoms with Crippen LogP contribution in [0.25, 0.3) is 0 Å². The number of unbranched alkanes of at least 4 members (excludes halogenated alkanes) is 1. The Balaban J connectivity index is 2.43. The molecule has 92 valence electrons. The SMILES string of the molecule is COCCCCNc1ccc(N)c(CC#N)c1. The lowest BCUT2D eigenvalue weighted by molar-refractivity contribution is 0.194. The first kappa shape index (κ1) is 13.3. The van der Waals surface area contributed by atoms with E-state index in [0.717, 1.165) is 37.2 Å². The second kappa shape index (κ2) is 7.53. The average molecular weight is 233 g/mol. The van der Waals surface area contributed by atoms with Gasteiger partial charge in [-0.25, -0.2) is 0 Å². The van der Waals surface area contributed by atoms with Gasteiger partial charge in [0.15, 0.2) is 0 Å². The second-order valence-corrected chi connectivity index (χ2v) is 3.88. The van der Waals surface area contributed by atoms with E-state index >= 15 is 0 Å². The number of anilines is 2. The lowest BCUT2D eigenvalue weighted by Crippen LogP contribution is -2.04. The predicted molar refractivity (Wildman–Crippen MR) is 69.8 cm³/mol. The van der Waals surface area contributed by atoms with Crippen LogP contribution in [0.1, 0.15) is 18.4 Å². The summed E-state index contributed by atoms with van der Waals surface area (Å²) in [5.41, 5.74) is 8.35. The molecule has 0 aliphatic carbocycles. The van der Waals surface area contributed by atoms with Crippen LogP contribution in [-0.2, 0) is 11.2 Å². The summed E-state index contributed by atoms with van der Waals surface area (Å²) in [5, 5.41) is 12.0. The van der Waals surface area contributed by atoms with Crippen molar-refractivity contribution in [2.45, 2.75) is 19.3 Å². The number of ether oxygens (including phenoxy) is 1. The Morgan fingerprint density at radius 1 is 1.41 bits per heavy atom. The molecule has 0 atom stereocenters. The highest BCUT2D eigenvalue weighted by molar-refractivity contribution is 5.57. The smallest absolute Gasteiger partial charge is 0.0670 e. The molecule has 1 aromatic carbocycles. The summed E-state index contributed by atoms with van der Waals surface area (Å²) in [5.74, 6) is 0. The van der Waals surface area contributed by atoms with Crippen molar-refractivity contribution in [3.05, 3.63) is 23.8 Å². The summed E-state index contributed by atoms with van der Waals surface area (Å²) in [6.45, 7) is 1.70. The quantitative estimate of drug-likeness (QED) is 0.559. The summed E-state index contributed by atoms with van der Waals surface area (Å²) in [6, 6.07) is 7.83. The fourth-order valence-corrected chi connectivity index (χ4v) is 1.56. The van der Waals surface area contributed by atoms with E-state index in [1.54, 1.807) is 7.11 Å². The molecule has 0 bridgehead atoms. The van der Waals surface area contributed by atoms with E-state index in [1.807, 2.05) is 18.2 Å². The van der Waals surface area contributed by atoms with Gasteiger partial charge in [0.05, 0.1) is 12.5 Å². The van der Waals surface area contributed by atoms with E-state index in [-0.39, 0.29) is 0 Å². The molecule has 0 aliphatic heterocycles. The number of methoxy groups -OCH3 is 1. The van der Waals surface area contributed by atoms with Crippen LogP contribution in [0.3, 0.4) is 0 Å². The van der Waals surface area contributed by atoms with E-state index < -0.39 is 0 Å². The number of hydrogen-bond donors (Lipinski definition) is 2. The monoisotopic (exact) mass is 233 g/mol. The Kier molecular flexibility index (Phi) is 5.91. The van der Waals surface area contributed by atoms with Gasteiger partial charge < -0.3 is 15.8 Å². The Labute approximate surface area is 102 Å². The van der Waals surface area contributed by atoms with E-state index in [4.69, 9.17) is 15.7 Å². The predicted octanol–water partition coefficient (Wildman–Crippen LogP) is 2.17. The van der Waals surface area contributed by atoms with Crippen molar-refractivity contribution >= 4 is 11.4 Å². The maximum Gasteiger partial charge on any atom is 0.0670 e. The van der Waals surface area contributed by atoms with Gasteiger partial charge in [-0.05, 0) is 36.6 Å². The molecule has 0 amide bonds. The molecule has 0 fully saturated rings. The molecular weight excluding hydrogens is 214 g/mol. The van der Waals surface area contributed by atoms with Crippen molar-refractivity contribution in [1.82, 2.24) is 0 Å². The number of benzene rings is 1. The van der Waals surface area contributed by atoms with Gasteiger partial charge in [0.25, 0.3) is 0 Å². The van der Waals surface area contributed by atoms with Crippen LogP contribution < -0.4 is 11.1 Å². The summed E-state index contributed by atoms with van der Waals surface area (Å²) < 4.78 is 4.98. The maximum atomic E-state index is 8.67. The molecule has 4 heteroatoms. The van der Waals surface area contributed by atoms with Crippen LogP contribution in [-0.4, -0.2) is 20.3 Å². The van der Waals surface area contributed by atoms with Crippen LogP contribution in [0.2, 0.25) is 0 Å². The lowest BCUT2D eigenvalue weighted by atomic mass is 10.1. The molecule has 1 aromatic rings. The van der Waals surface area contributed by atoms with Crippen LogP contribution >= 0.6 is 0 Å². The number of nitrogen functional groups attached to an aromatic ring is 1. The summed E-state index contributed by atoms with van der Waals surface area (Å²) >= 11 is 0. The Hall–Kier alpha value is -1.73.